The van der Waals surface area contributed by atoms with Crippen LogP contribution in [-0.4, -0.2) is 15.9 Å². The molecule has 2 rings (SSSR count). The third kappa shape index (κ3) is 1.82. The first-order valence-corrected chi connectivity index (χ1v) is 5.10. The minimum atomic E-state index is -0.318. The number of anilines is 1. The van der Waals surface area contributed by atoms with Crippen LogP contribution in [-0.2, 0) is 0 Å². The second-order valence-corrected chi connectivity index (χ2v) is 3.81. The first kappa shape index (κ1) is 9.67. The lowest BCUT2D eigenvalue weighted by Gasteiger charge is -1.99. The quantitative estimate of drug-likeness (QED) is 0.755. The molecule has 0 saturated heterocycles. The molecule has 0 atom stereocenters. The smallest absolute Gasteiger partial charge is 0.216 e. The molecule has 0 radical (unpaired) electrons. The lowest BCUT2D eigenvalue weighted by molar-refractivity contribution is 0.103. The van der Waals surface area contributed by atoms with Crippen LogP contribution in [0.25, 0.3) is 0 Å². The summed E-state index contributed by atoms with van der Waals surface area (Å²) < 4.78 is 0. The molecule has 0 spiro atoms. The van der Waals surface area contributed by atoms with Crippen LogP contribution in [0.15, 0.2) is 29.6 Å². The number of carbonyl (C=O) groups excluding carboxylic acids is 1. The van der Waals surface area contributed by atoms with Crippen molar-refractivity contribution in [1.29, 1.82) is 0 Å². The number of para-hydroxylation sites is 1. The molecule has 3 N–H and O–H groups in total. The highest BCUT2D eigenvalue weighted by atomic mass is 32.1. The number of nitrogens with two attached hydrogens (primary N) is 1. The number of thiazole rings is 1. The number of benzene rings is 1. The molecular weight excluding hydrogens is 212 g/mol. The maximum absolute atomic E-state index is 11.8. The number of hydrogen-bond donors (Lipinski definition) is 2. The zero-order chi connectivity index (χ0) is 10.8. The molecule has 15 heavy (non-hydrogen) atoms. The number of phenols is 1. The van der Waals surface area contributed by atoms with Crippen molar-refractivity contribution >= 4 is 22.3 Å². The molecule has 0 aliphatic heterocycles. The summed E-state index contributed by atoms with van der Waals surface area (Å²) in [6, 6.07) is 6.35. The van der Waals surface area contributed by atoms with Gasteiger partial charge in [0.2, 0.25) is 5.78 Å². The van der Waals surface area contributed by atoms with Crippen LogP contribution in [0.3, 0.4) is 0 Å². The molecule has 0 amide bonds. The van der Waals surface area contributed by atoms with Crippen molar-refractivity contribution < 1.29 is 9.90 Å². The van der Waals surface area contributed by atoms with Gasteiger partial charge >= 0.3 is 0 Å². The summed E-state index contributed by atoms with van der Waals surface area (Å²) in [7, 11) is 0. The van der Waals surface area contributed by atoms with E-state index in [1.54, 1.807) is 23.6 Å². The number of aromatic nitrogens is 1. The van der Waals surface area contributed by atoms with E-state index in [0.29, 0.717) is 5.13 Å². The third-order valence-electron chi connectivity index (χ3n) is 1.90. The Hall–Kier alpha value is -1.88. The third-order valence-corrected chi connectivity index (χ3v) is 2.58. The predicted molar refractivity (Wildman–Crippen MR) is 58.1 cm³/mol. The maximum atomic E-state index is 11.8. The van der Waals surface area contributed by atoms with Crippen molar-refractivity contribution in [3.05, 3.63) is 40.9 Å². The van der Waals surface area contributed by atoms with Gasteiger partial charge in [-0.25, -0.2) is 4.98 Å². The van der Waals surface area contributed by atoms with Crippen LogP contribution in [0.5, 0.6) is 5.75 Å². The Balaban J connectivity index is 2.41. The Bertz CT molecular complexity index is 508. The largest absolute Gasteiger partial charge is 0.507 e. The molecule has 2 aromatic rings. The van der Waals surface area contributed by atoms with Gasteiger partial charge in [0.05, 0.1) is 5.56 Å². The van der Waals surface area contributed by atoms with Gasteiger partial charge in [0.15, 0.2) is 5.13 Å². The molecule has 4 nitrogen and oxygen atoms in total. The lowest BCUT2D eigenvalue weighted by atomic mass is 10.1. The monoisotopic (exact) mass is 220 g/mol. The Morgan fingerprint density at radius 2 is 2.13 bits per heavy atom. The summed E-state index contributed by atoms with van der Waals surface area (Å²) >= 11 is 1.20. The van der Waals surface area contributed by atoms with Crippen molar-refractivity contribution in [3.63, 3.8) is 0 Å². The summed E-state index contributed by atoms with van der Waals surface area (Å²) in [5.41, 5.74) is 5.93. The van der Waals surface area contributed by atoms with Crippen molar-refractivity contribution in [2.24, 2.45) is 0 Å². The average Bonchev–Trinajstić information content (AvgIpc) is 2.65. The molecule has 5 heteroatoms. The number of aromatic hydroxyl groups is 1. The number of nitrogens with zero attached hydrogens (tertiary/aromatic N) is 1. The highest BCUT2D eigenvalue weighted by Gasteiger charge is 2.15. The summed E-state index contributed by atoms with van der Waals surface area (Å²) in [5.74, 6) is -0.366. The minimum Gasteiger partial charge on any atom is -0.507 e. The van der Waals surface area contributed by atoms with Crippen LogP contribution < -0.4 is 5.73 Å². The Kier molecular flexibility index (Phi) is 2.39. The molecule has 0 unspecified atom stereocenters. The first-order valence-electron chi connectivity index (χ1n) is 4.22. The Morgan fingerprint density at radius 3 is 2.73 bits per heavy atom. The number of hydrogen-bond acceptors (Lipinski definition) is 5. The number of phenolic OH excluding ortho intramolecular Hbond substituents is 1. The van der Waals surface area contributed by atoms with Gasteiger partial charge in [-0.2, -0.15) is 0 Å². The van der Waals surface area contributed by atoms with E-state index in [2.05, 4.69) is 4.98 Å². The Morgan fingerprint density at radius 1 is 1.40 bits per heavy atom. The number of nitrogen functional groups attached to an aromatic ring is 1. The van der Waals surface area contributed by atoms with Crippen LogP contribution in [0.2, 0.25) is 0 Å². The van der Waals surface area contributed by atoms with Gasteiger partial charge in [0.1, 0.15) is 11.4 Å². The fourth-order valence-electron chi connectivity index (χ4n) is 1.20. The molecule has 1 aromatic carbocycles. The van der Waals surface area contributed by atoms with Crippen LogP contribution in [0.4, 0.5) is 5.13 Å². The van der Waals surface area contributed by atoms with Gasteiger partial charge in [-0.05, 0) is 12.1 Å². The molecule has 76 valence electrons. The van der Waals surface area contributed by atoms with Gasteiger partial charge in [0.25, 0.3) is 0 Å². The molecule has 0 saturated carbocycles. The van der Waals surface area contributed by atoms with Gasteiger partial charge in [-0.3, -0.25) is 4.79 Å². The summed E-state index contributed by atoms with van der Waals surface area (Å²) in [6.07, 6.45) is 0. The van der Waals surface area contributed by atoms with E-state index < -0.39 is 0 Å². The SMILES string of the molecule is Nc1nc(C(=O)c2ccccc2O)cs1. The standard InChI is InChI=1S/C10H8N2O2S/c11-10-12-7(5-15-10)9(14)6-3-1-2-4-8(6)13/h1-5,13H,(H2,11,12). The van der Waals surface area contributed by atoms with Crippen molar-refractivity contribution in [2.75, 3.05) is 5.73 Å². The number of ketones is 1. The molecular formula is C10H8N2O2S. The molecule has 0 aliphatic rings. The van der Waals surface area contributed by atoms with E-state index in [9.17, 15) is 9.90 Å². The lowest BCUT2D eigenvalue weighted by Crippen LogP contribution is -2.02. The van der Waals surface area contributed by atoms with E-state index in [1.165, 1.54) is 17.4 Å². The normalized spacial score (nSPS) is 10.1. The fraction of sp³-hybridized carbons (Fsp3) is 0. The molecule has 0 aliphatic carbocycles. The van der Waals surface area contributed by atoms with Crippen molar-refractivity contribution in [3.8, 4) is 5.75 Å². The average molecular weight is 220 g/mol. The van der Waals surface area contributed by atoms with E-state index in [4.69, 9.17) is 5.73 Å². The molecule has 0 bridgehead atoms. The molecule has 1 heterocycles. The van der Waals surface area contributed by atoms with E-state index in [1.807, 2.05) is 0 Å². The van der Waals surface area contributed by atoms with Crippen LogP contribution in [0, 0.1) is 0 Å². The summed E-state index contributed by atoms with van der Waals surface area (Å²) in [6.45, 7) is 0. The fourth-order valence-corrected chi connectivity index (χ4v) is 1.74. The Labute approximate surface area is 90.0 Å². The van der Waals surface area contributed by atoms with Crippen LogP contribution >= 0.6 is 11.3 Å². The van der Waals surface area contributed by atoms with Gasteiger partial charge in [0, 0.05) is 5.38 Å². The summed E-state index contributed by atoms with van der Waals surface area (Å²) in [5, 5.41) is 11.4. The highest BCUT2D eigenvalue weighted by Crippen LogP contribution is 2.21. The van der Waals surface area contributed by atoms with Crippen molar-refractivity contribution in [2.45, 2.75) is 0 Å². The summed E-state index contributed by atoms with van der Waals surface area (Å²) in [4.78, 5) is 15.7. The van der Waals surface area contributed by atoms with E-state index in [0.717, 1.165) is 0 Å². The van der Waals surface area contributed by atoms with Gasteiger partial charge < -0.3 is 10.8 Å². The van der Waals surface area contributed by atoms with Gasteiger partial charge in [-0.1, -0.05) is 12.1 Å². The zero-order valence-corrected chi connectivity index (χ0v) is 8.49. The molecule has 1 aromatic heterocycles. The maximum Gasteiger partial charge on any atom is 0.216 e. The minimum absolute atomic E-state index is 0.0472. The topological polar surface area (TPSA) is 76.2 Å². The number of carbonyl (C=O) groups is 1. The van der Waals surface area contributed by atoms with Crippen molar-refractivity contribution in [1.82, 2.24) is 4.98 Å². The van der Waals surface area contributed by atoms with Crippen LogP contribution in [0.1, 0.15) is 16.1 Å². The number of rotatable bonds is 2. The second-order valence-electron chi connectivity index (χ2n) is 2.92. The highest BCUT2D eigenvalue weighted by molar-refractivity contribution is 7.13. The van der Waals surface area contributed by atoms with Gasteiger partial charge in [-0.15, -0.1) is 11.3 Å². The van der Waals surface area contributed by atoms with E-state index in [-0.39, 0.29) is 22.8 Å². The predicted octanol–water partition coefficient (Wildman–Crippen LogP) is 1.66. The first-order chi connectivity index (χ1) is 7.18. The van der Waals surface area contributed by atoms with E-state index >= 15 is 0 Å². The zero-order valence-electron chi connectivity index (χ0n) is 7.68. The second kappa shape index (κ2) is 3.70. The molecule has 0 fully saturated rings.